The predicted molar refractivity (Wildman–Crippen MR) is 137 cm³/mol. The largest absolute Gasteiger partial charge is 0.368 e. The maximum atomic E-state index is 4.35. The zero-order chi connectivity index (χ0) is 22.7. The summed E-state index contributed by atoms with van der Waals surface area (Å²) in [5.74, 6) is 2.14. The first-order chi connectivity index (χ1) is 14.0. The van der Waals surface area contributed by atoms with Gasteiger partial charge in [0.1, 0.15) is 0 Å². The molecule has 1 rings (SSSR count). The standard InChI is InChI=1S/C29H49N/c1-23(2)24(3)18-20-29(8,9)19-12-10-11-15-25(4)26(5)16-17-27(6)28(7)30-21-13-14-22-30/h10-14,19,23-24,26H,4,15-18,20-22H2,1-3,5-9H3/b11-10+,19-12-,28-27-. The second-order valence-corrected chi connectivity index (χ2v) is 10.6. The van der Waals surface area contributed by atoms with Crippen molar-refractivity contribution in [1.82, 2.24) is 4.90 Å². The van der Waals surface area contributed by atoms with E-state index in [2.05, 4.69) is 103 Å². The fraction of sp³-hybridized carbons (Fsp3) is 0.655. The van der Waals surface area contributed by atoms with Crippen LogP contribution in [0.3, 0.4) is 0 Å². The van der Waals surface area contributed by atoms with Crippen LogP contribution in [0.4, 0.5) is 0 Å². The molecule has 30 heavy (non-hydrogen) atoms. The third-order valence-corrected chi connectivity index (χ3v) is 7.12. The Labute approximate surface area is 188 Å². The van der Waals surface area contributed by atoms with E-state index in [9.17, 15) is 0 Å². The summed E-state index contributed by atoms with van der Waals surface area (Å²) in [6, 6.07) is 0. The van der Waals surface area contributed by atoms with Gasteiger partial charge in [0.05, 0.1) is 0 Å². The first kappa shape index (κ1) is 26.5. The van der Waals surface area contributed by atoms with Crippen molar-refractivity contribution in [2.45, 2.75) is 87.5 Å². The molecule has 1 nitrogen and oxygen atoms in total. The van der Waals surface area contributed by atoms with E-state index in [-0.39, 0.29) is 5.41 Å². The second kappa shape index (κ2) is 13.0. The van der Waals surface area contributed by atoms with Crippen molar-refractivity contribution in [3.05, 3.63) is 59.9 Å². The van der Waals surface area contributed by atoms with Crippen molar-refractivity contribution < 1.29 is 0 Å². The molecule has 0 aliphatic carbocycles. The SMILES string of the molecule is C=C(C/C=C/C=C\C(C)(C)CCC(C)C(C)C)C(C)CC/C(C)=C(/C)N1CC=CC1. The summed E-state index contributed by atoms with van der Waals surface area (Å²) in [5, 5.41) is 0. The van der Waals surface area contributed by atoms with Crippen molar-refractivity contribution in [2.75, 3.05) is 13.1 Å². The van der Waals surface area contributed by atoms with Crippen LogP contribution in [0.25, 0.3) is 0 Å². The molecule has 0 saturated carbocycles. The van der Waals surface area contributed by atoms with Crippen LogP contribution in [-0.4, -0.2) is 18.0 Å². The summed E-state index contributed by atoms with van der Waals surface area (Å²) in [6.45, 7) is 25.1. The van der Waals surface area contributed by atoms with E-state index in [4.69, 9.17) is 0 Å². The molecule has 0 aromatic heterocycles. The fourth-order valence-electron chi connectivity index (χ4n) is 3.67. The van der Waals surface area contributed by atoms with Gasteiger partial charge < -0.3 is 4.90 Å². The summed E-state index contributed by atoms with van der Waals surface area (Å²) in [4.78, 5) is 2.45. The van der Waals surface area contributed by atoms with Crippen LogP contribution in [0.15, 0.2) is 59.9 Å². The van der Waals surface area contributed by atoms with E-state index in [0.717, 1.165) is 37.8 Å². The minimum atomic E-state index is 0.268. The van der Waals surface area contributed by atoms with Crippen molar-refractivity contribution in [2.24, 2.45) is 23.2 Å². The zero-order valence-electron chi connectivity index (χ0n) is 21.3. The van der Waals surface area contributed by atoms with Crippen LogP contribution >= 0.6 is 0 Å². The molecule has 0 aromatic rings. The lowest BCUT2D eigenvalue weighted by Crippen LogP contribution is -2.18. The Morgan fingerprint density at radius 3 is 2.27 bits per heavy atom. The first-order valence-corrected chi connectivity index (χ1v) is 12.1. The summed E-state index contributed by atoms with van der Waals surface area (Å²) in [6.07, 6.45) is 19.5. The van der Waals surface area contributed by atoms with Gasteiger partial charge in [0.2, 0.25) is 0 Å². The van der Waals surface area contributed by atoms with Crippen molar-refractivity contribution >= 4 is 0 Å². The highest BCUT2D eigenvalue weighted by molar-refractivity contribution is 5.16. The highest BCUT2D eigenvalue weighted by atomic mass is 15.1. The summed E-state index contributed by atoms with van der Waals surface area (Å²) >= 11 is 0. The molecule has 1 heterocycles. The van der Waals surface area contributed by atoms with Crippen LogP contribution in [0.5, 0.6) is 0 Å². The molecule has 0 spiro atoms. The molecule has 2 atom stereocenters. The van der Waals surface area contributed by atoms with Crippen molar-refractivity contribution in [1.29, 1.82) is 0 Å². The Morgan fingerprint density at radius 1 is 1.03 bits per heavy atom. The Morgan fingerprint density at radius 2 is 1.67 bits per heavy atom. The maximum Gasteiger partial charge on any atom is 0.0360 e. The normalized spacial score (nSPS) is 18.0. The average molecular weight is 412 g/mol. The van der Waals surface area contributed by atoms with Crippen LogP contribution in [0.1, 0.15) is 87.5 Å². The van der Waals surface area contributed by atoms with Gasteiger partial charge in [0.25, 0.3) is 0 Å². The quantitative estimate of drug-likeness (QED) is 0.216. The van der Waals surface area contributed by atoms with E-state index in [1.165, 1.54) is 36.1 Å². The van der Waals surface area contributed by atoms with Gasteiger partial charge in [-0.1, -0.05) is 95.7 Å². The molecule has 0 radical (unpaired) electrons. The minimum absolute atomic E-state index is 0.268. The van der Waals surface area contributed by atoms with Gasteiger partial charge in [0, 0.05) is 18.8 Å². The van der Waals surface area contributed by atoms with Crippen LogP contribution < -0.4 is 0 Å². The third-order valence-electron chi connectivity index (χ3n) is 7.12. The van der Waals surface area contributed by atoms with Gasteiger partial charge in [-0.25, -0.2) is 0 Å². The lowest BCUT2D eigenvalue weighted by molar-refractivity contribution is 0.320. The molecule has 1 aliphatic rings. The third kappa shape index (κ3) is 10.0. The summed E-state index contributed by atoms with van der Waals surface area (Å²) in [7, 11) is 0. The van der Waals surface area contributed by atoms with Crippen molar-refractivity contribution in [3.8, 4) is 0 Å². The maximum absolute atomic E-state index is 4.35. The zero-order valence-corrected chi connectivity index (χ0v) is 21.3. The second-order valence-electron chi connectivity index (χ2n) is 10.6. The van der Waals surface area contributed by atoms with Gasteiger partial charge in [-0.15, -0.1) is 0 Å². The highest BCUT2D eigenvalue weighted by Crippen LogP contribution is 2.29. The van der Waals surface area contributed by atoms with Gasteiger partial charge in [0.15, 0.2) is 0 Å². The van der Waals surface area contributed by atoms with Gasteiger partial charge >= 0.3 is 0 Å². The number of allylic oxidation sites excluding steroid dienone is 7. The Bertz CT molecular complexity index is 633. The highest BCUT2D eigenvalue weighted by Gasteiger charge is 2.16. The number of hydrogen-bond donors (Lipinski definition) is 0. The lowest BCUT2D eigenvalue weighted by Gasteiger charge is -2.24. The summed E-state index contributed by atoms with van der Waals surface area (Å²) in [5.41, 5.74) is 4.58. The molecule has 2 unspecified atom stereocenters. The van der Waals surface area contributed by atoms with E-state index < -0.39 is 0 Å². The minimum Gasteiger partial charge on any atom is -0.368 e. The fourth-order valence-corrected chi connectivity index (χ4v) is 3.67. The van der Waals surface area contributed by atoms with Crippen LogP contribution in [0.2, 0.25) is 0 Å². The monoisotopic (exact) mass is 411 g/mol. The van der Waals surface area contributed by atoms with E-state index in [1.54, 1.807) is 0 Å². The number of nitrogens with zero attached hydrogens (tertiary/aromatic N) is 1. The Balaban J connectivity index is 2.37. The van der Waals surface area contributed by atoms with Gasteiger partial charge in [-0.05, 0) is 69.1 Å². The molecular formula is C29H49N. The molecular weight excluding hydrogens is 362 g/mol. The van der Waals surface area contributed by atoms with Gasteiger partial charge in [-0.2, -0.15) is 0 Å². The van der Waals surface area contributed by atoms with Crippen LogP contribution in [0, 0.1) is 23.2 Å². The molecule has 0 aromatic carbocycles. The molecule has 1 heteroatoms. The topological polar surface area (TPSA) is 3.24 Å². The molecule has 170 valence electrons. The van der Waals surface area contributed by atoms with Crippen LogP contribution in [-0.2, 0) is 0 Å². The lowest BCUT2D eigenvalue weighted by atomic mass is 9.82. The Hall–Kier alpha value is -1.50. The van der Waals surface area contributed by atoms with Gasteiger partial charge in [-0.3, -0.25) is 0 Å². The smallest absolute Gasteiger partial charge is 0.0360 e. The summed E-state index contributed by atoms with van der Waals surface area (Å²) < 4.78 is 0. The number of hydrogen-bond acceptors (Lipinski definition) is 1. The van der Waals surface area contributed by atoms with E-state index in [0.29, 0.717) is 5.92 Å². The molecule has 0 bridgehead atoms. The predicted octanol–water partition coefficient (Wildman–Crippen LogP) is 8.73. The van der Waals surface area contributed by atoms with E-state index in [1.807, 2.05) is 0 Å². The molecule has 0 N–H and O–H groups in total. The van der Waals surface area contributed by atoms with E-state index >= 15 is 0 Å². The first-order valence-electron chi connectivity index (χ1n) is 12.1. The molecule has 0 amide bonds. The van der Waals surface area contributed by atoms with Crippen molar-refractivity contribution in [3.63, 3.8) is 0 Å². The molecule has 1 aliphatic heterocycles. The average Bonchev–Trinajstić information content (AvgIpc) is 3.23. The molecule has 0 saturated heterocycles. The molecule has 0 fully saturated rings. The Kier molecular flexibility index (Phi) is 11.5. The number of rotatable bonds is 13.